The van der Waals surface area contributed by atoms with Crippen LogP contribution in [0, 0.1) is 11.7 Å². The largest absolute Gasteiger partial charge is 0.344 e. The number of aromatic amines is 1. The van der Waals surface area contributed by atoms with Gasteiger partial charge in [0.15, 0.2) is 5.78 Å². The number of hydrogen-bond donors (Lipinski definition) is 2. The number of halogens is 1. The van der Waals surface area contributed by atoms with Crippen molar-refractivity contribution in [1.82, 2.24) is 14.9 Å². The fourth-order valence-electron chi connectivity index (χ4n) is 1.71. The molecule has 1 unspecified atom stereocenters. The molecule has 7 nitrogen and oxygen atoms in total. The molecule has 0 fully saturated rings. The quantitative estimate of drug-likeness (QED) is 0.754. The Bertz CT molecular complexity index is 632. The third-order valence-electron chi connectivity index (χ3n) is 2.70. The first kappa shape index (κ1) is 15.8. The van der Waals surface area contributed by atoms with E-state index in [0.29, 0.717) is 6.20 Å². The molecule has 1 amide bonds. The summed E-state index contributed by atoms with van der Waals surface area (Å²) in [6.45, 7) is 4.39. The number of carbonyl (C=O) groups is 2. The van der Waals surface area contributed by atoms with E-state index in [9.17, 15) is 23.6 Å². The van der Waals surface area contributed by atoms with Gasteiger partial charge in [0.25, 0.3) is 5.56 Å². The molecule has 1 heterocycles. The number of hydrogen-bond acceptors (Lipinski definition) is 4. The normalized spacial score (nSPS) is 12.2. The van der Waals surface area contributed by atoms with Crippen LogP contribution in [0.1, 0.15) is 20.8 Å². The molecule has 0 spiro atoms. The highest BCUT2D eigenvalue weighted by molar-refractivity contribution is 5.87. The monoisotopic (exact) mass is 285 g/mol. The maximum atomic E-state index is 13.0. The van der Waals surface area contributed by atoms with E-state index >= 15 is 0 Å². The standard InChI is InChI=1S/C12H16FN3O4/c1-6(2)10(7(3)17)14-9(18)5-16-4-8(13)11(19)15-12(16)20/h4,6,10H,5H2,1-3H3,(H,14,18)(H,15,19,20). The summed E-state index contributed by atoms with van der Waals surface area (Å²) >= 11 is 0. The van der Waals surface area contributed by atoms with Crippen LogP contribution in [0.3, 0.4) is 0 Å². The Labute approximate surface area is 113 Å². The molecule has 0 aromatic carbocycles. The van der Waals surface area contributed by atoms with Gasteiger partial charge in [0.1, 0.15) is 6.54 Å². The number of nitrogens with one attached hydrogen (secondary N) is 2. The van der Waals surface area contributed by atoms with Gasteiger partial charge in [-0.05, 0) is 12.8 Å². The maximum Gasteiger partial charge on any atom is 0.328 e. The van der Waals surface area contributed by atoms with Gasteiger partial charge in [-0.15, -0.1) is 0 Å². The van der Waals surface area contributed by atoms with Crippen molar-refractivity contribution in [2.45, 2.75) is 33.4 Å². The Morgan fingerprint density at radius 2 is 2.00 bits per heavy atom. The topological polar surface area (TPSA) is 101 Å². The molecule has 8 heteroatoms. The van der Waals surface area contributed by atoms with Gasteiger partial charge < -0.3 is 5.32 Å². The van der Waals surface area contributed by atoms with E-state index < -0.39 is 35.6 Å². The minimum atomic E-state index is -1.16. The predicted molar refractivity (Wildman–Crippen MR) is 68.7 cm³/mol. The number of aromatic nitrogens is 2. The summed E-state index contributed by atoms with van der Waals surface area (Å²) in [6, 6.07) is -0.675. The maximum absolute atomic E-state index is 13.0. The highest BCUT2D eigenvalue weighted by Gasteiger charge is 2.20. The number of amides is 1. The van der Waals surface area contributed by atoms with E-state index in [0.717, 1.165) is 4.57 Å². The molecule has 110 valence electrons. The average molecular weight is 285 g/mol. The van der Waals surface area contributed by atoms with E-state index in [2.05, 4.69) is 5.32 Å². The molecule has 0 saturated heterocycles. The first-order chi connectivity index (χ1) is 9.22. The number of rotatable bonds is 5. The second kappa shape index (κ2) is 6.27. The van der Waals surface area contributed by atoms with E-state index in [4.69, 9.17) is 0 Å². The van der Waals surface area contributed by atoms with Gasteiger partial charge in [0, 0.05) is 0 Å². The third-order valence-corrected chi connectivity index (χ3v) is 2.70. The van der Waals surface area contributed by atoms with Crippen LogP contribution in [-0.2, 0) is 16.1 Å². The Hall–Kier alpha value is -2.25. The molecule has 0 aliphatic rings. The number of Topliss-reactive ketones (excluding diaryl/α,β-unsaturated/α-hetero) is 1. The van der Waals surface area contributed by atoms with Crippen LogP contribution in [-0.4, -0.2) is 27.3 Å². The summed E-state index contributed by atoms with van der Waals surface area (Å²) in [5.74, 6) is -2.11. The van der Waals surface area contributed by atoms with Crippen molar-refractivity contribution in [3.05, 3.63) is 32.9 Å². The molecule has 1 aromatic rings. The van der Waals surface area contributed by atoms with Gasteiger partial charge in [-0.3, -0.25) is 23.9 Å². The highest BCUT2D eigenvalue weighted by Crippen LogP contribution is 2.02. The summed E-state index contributed by atoms with van der Waals surface area (Å²) in [5, 5.41) is 2.46. The lowest BCUT2D eigenvalue weighted by molar-refractivity contribution is -0.128. The van der Waals surface area contributed by atoms with Crippen LogP contribution in [0.2, 0.25) is 0 Å². The number of nitrogens with zero attached hydrogens (tertiary/aromatic N) is 1. The predicted octanol–water partition coefficient (Wildman–Crippen LogP) is -0.595. The summed E-state index contributed by atoms with van der Waals surface area (Å²) in [7, 11) is 0. The molecule has 2 N–H and O–H groups in total. The second-order valence-corrected chi connectivity index (χ2v) is 4.76. The zero-order valence-corrected chi connectivity index (χ0v) is 11.4. The van der Waals surface area contributed by atoms with Gasteiger partial charge in [0.2, 0.25) is 11.7 Å². The fraction of sp³-hybridized carbons (Fsp3) is 0.500. The summed E-state index contributed by atoms with van der Waals surface area (Å²) in [4.78, 5) is 47.1. The van der Waals surface area contributed by atoms with Crippen LogP contribution in [0.15, 0.2) is 15.8 Å². The van der Waals surface area contributed by atoms with Crippen LogP contribution >= 0.6 is 0 Å². The number of ketones is 1. The van der Waals surface area contributed by atoms with Crippen LogP contribution in [0.25, 0.3) is 0 Å². The van der Waals surface area contributed by atoms with Crippen molar-refractivity contribution in [1.29, 1.82) is 0 Å². The minimum Gasteiger partial charge on any atom is -0.344 e. The Morgan fingerprint density at radius 1 is 1.40 bits per heavy atom. The number of H-pyrrole nitrogens is 1. The van der Waals surface area contributed by atoms with E-state index in [1.165, 1.54) is 6.92 Å². The fourth-order valence-corrected chi connectivity index (χ4v) is 1.71. The molecular weight excluding hydrogens is 269 g/mol. The smallest absolute Gasteiger partial charge is 0.328 e. The molecular formula is C12H16FN3O4. The van der Waals surface area contributed by atoms with Gasteiger partial charge in [-0.1, -0.05) is 13.8 Å². The molecule has 1 aromatic heterocycles. The molecule has 20 heavy (non-hydrogen) atoms. The molecule has 0 aliphatic carbocycles. The van der Waals surface area contributed by atoms with Crippen molar-refractivity contribution < 1.29 is 14.0 Å². The van der Waals surface area contributed by atoms with Crippen LogP contribution in [0.5, 0.6) is 0 Å². The minimum absolute atomic E-state index is 0.111. The van der Waals surface area contributed by atoms with Crippen molar-refractivity contribution in [3.63, 3.8) is 0 Å². The van der Waals surface area contributed by atoms with E-state index in [1.54, 1.807) is 18.8 Å². The van der Waals surface area contributed by atoms with Crippen LogP contribution < -0.4 is 16.6 Å². The van der Waals surface area contributed by atoms with Gasteiger partial charge in [0.05, 0.1) is 12.2 Å². The lowest BCUT2D eigenvalue weighted by Crippen LogP contribution is -2.46. The lowest BCUT2D eigenvalue weighted by atomic mass is 10.0. The van der Waals surface area contributed by atoms with Crippen molar-refractivity contribution >= 4 is 11.7 Å². The summed E-state index contributed by atoms with van der Waals surface area (Å²) in [6.07, 6.45) is 0.652. The third kappa shape index (κ3) is 3.87. The zero-order valence-electron chi connectivity index (χ0n) is 11.4. The van der Waals surface area contributed by atoms with E-state index in [-0.39, 0.29) is 11.7 Å². The SMILES string of the molecule is CC(=O)C(NC(=O)Cn1cc(F)c(=O)[nH]c1=O)C(C)C. The first-order valence-corrected chi connectivity index (χ1v) is 6.01. The van der Waals surface area contributed by atoms with Crippen molar-refractivity contribution in [3.8, 4) is 0 Å². The first-order valence-electron chi connectivity index (χ1n) is 6.01. The summed E-state index contributed by atoms with van der Waals surface area (Å²) in [5.41, 5.74) is -2.04. The Morgan fingerprint density at radius 3 is 2.50 bits per heavy atom. The zero-order chi connectivity index (χ0) is 15.4. The molecule has 0 bridgehead atoms. The molecule has 0 saturated carbocycles. The Balaban J connectivity index is 2.86. The average Bonchev–Trinajstić information content (AvgIpc) is 2.32. The summed E-state index contributed by atoms with van der Waals surface area (Å²) < 4.78 is 13.8. The molecule has 1 atom stereocenters. The molecule has 1 rings (SSSR count). The lowest BCUT2D eigenvalue weighted by Gasteiger charge is -2.19. The van der Waals surface area contributed by atoms with Gasteiger partial charge in [-0.25, -0.2) is 4.79 Å². The highest BCUT2D eigenvalue weighted by atomic mass is 19.1. The van der Waals surface area contributed by atoms with E-state index in [1.807, 2.05) is 0 Å². The van der Waals surface area contributed by atoms with Crippen molar-refractivity contribution in [2.75, 3.05) is 0 Å². The van der Waals surface area contributed by atoms with Gasteiger partial charge in [-0.2, -0.15) is 4.39 Å². The van der Waals surface area contributed by atoms with Gasteiger partial charge >= 0.3 is 5.69 Å². The molecule has 0 aliphatic heterocycles. The number of carbonyl (C=O) groups excluding carboxylic acids is 2. The second-order valence-electron chi connectivity index (χ2n) is 4.76. The van der Waals surface area contributed by atoms with Crippen molar-refractivity contribution in [2.24, 2.45) is 5.92 Å². The van der Waals surface area contributed by atoms with Crippen LogP contribution in [0.4, 0.5) is 4.39 Å². The molecule has 0 radical (unpaired) electrons. The Kier molecular flexibility index (Phi) is 4.95.